The fraction of sp³-hybridized carbons (Fsp3) is 1.00. The number of unbranched alkanes of at least 4 members (excludes halogenated alkanes) is 5. The second-order valence-corrected chi connectivity index (χ2v) is 6.43. The third-order valence-electron chi connectivity index (χ3n) is 2.36. The highest BCUT2D eigenvalue weighted by Gasteiger charge is 2.13. The average molecular weight is 236 g/mol. The number of hydrogen-bond donors (Lipinski definition) is 1. The molecule has 1 unspecified atom stereocenters. The lowest BCUT2D eigenvalue weighted by atomic mass is 10.1. The summed E-state index contributed by atoms with van der Waals surface area (Å²) in [5, 5.41) is 0. The predicted molar refractivity (Wildman–Crippen MR) is 68.5 cm³/mol. The van der Waals surface area contributed by atoms with Crippen LogP contribution in [0.5, 0.6) is 0 Å². The van der Waals surface area contributed by atoms with E-state index >= 15 is 0 Å². The van der Waals surface area contributed by atoms with Crippen molar-refractivity contribution in [2.24, 2.45) is 0 Å². The van der Waals surface area contributed by atoms with Gasteiger partial charge in [-0.05, 0) is 6.42 Å². The van der Waals surface area contributed by atoms with Gasteiger partial charge in [0.1, 0.15) is 0 Å². The zero-order valence-corrected chi connectivity index (χ0v) is 9.85. The van der Waals surface area contributed by atoms with Crippen molar-refractivity contribution < 1.29 is 9.46 Å². The van der Waals surface area contributed by atoms with Gasteiger partial charge in [-0.3, -0.25) is 4.57 Å². The second kappa shape index (κ2) is 10.2. The van der Waals surface area contributed by atoms with E-state index in [4.69, 9.17) is 0 Å². The summed E-state index contributed by atoms with van der Waals surface area (Å²) in [5.41, 5.74) is 0. The Morgan fingerprint density at radius 1 is 1.00 bits per heavy atom. The van der Waals surface area contributed by atoms with Crippen molar-refractivity contribution in [3.8, 4) is 0 Å². The molecule has 0 aromatic heterocycles. The van der Waals surface area contributed by atoms with Gasteiger partial charge in [0, 0.05) is 12.3 Å². The van der Waals surface area contributed by atoms with Crippen LogP contribution in [0.4, 0.5) is 0 Å². The van der Waals surface area contributed by atoms with E-state index in [1.807, 2.05) is 0 Å². The van der Waals surface area contributed by atoms with Crippen LogP contribution in [0.3, 0.4) is 0 Å². The van der Waals surface area contributed by atoms with E-state index in [9.17, 15) is 9.46 Å². The lowest BCUT2D eigenvalue weighted by Crippen LogP contribution is -1.91. The van der Waals surface area contributed by atoms with Gasteiger partial charge >= 0.3 is 0 Å². The summed E-state index contributed by atoms with van der Waals surface area (Å²) >= 11 is 0. The first-order valence-corrected chi connectivity index (χ1v) is 7.46. The second-order valence-electron chi connectivity index (χ2n) is 3.65. The first kappa shape index (κ1) is 17.1. The van der Waals surface area contributed by atoms with Crippen LogP contribution in [0.2, 0.25) is 0 Å². The minimum atomic E-state index is -2.73. The summed E-state index contributed by atoms with van der Waals surface area (Å²) < 4.78 is 11.2. The van der Waals surface area contributed by atoms with Gasteiger partial charge in [-0.1, -0.05) is 46.0 Å². The van der Waals surface area contributed by atoms with Gasteiger partial charge in [0.05, 0.1) is 0 Å². The number of rotatable bonds is 8. The molecule has 4 heteroatoms. The molecule has 0 rings (SSSR count). The standard InChI is InChI=1S/C10H23O2P.Al.3H/c1-3-5-6-7-8-9-10-13(11,12)4-2;;;;/h3-10H2,1-2H3,(H,11,12);;;;. The highest BCUT2D eigenvalue weighted by molar-refractivity contribution is 7.57. The molecule has 1 N–H and O–H groups in total. The molecule has 0 amide bonds. The molecule has 0 fully saturated rings. The van der Waals surface area contributed by atoms with Gasteiger partial charge in [-0.15, -0.1) is 0 Å². The molecule has 0 saturated heterocycles. The topological polar surface area (TPSA) is 37.3 Å². The Morgan fingerprint density at radius 2 is 1.50 bits per heavy atom. The summed E-state index contributed by atoms with van der Waals surface area (Å²) in [7, 11) is -2.73. The Kier molecular flexibility index (Phi) is 12.5. The van der Waals surface area contributed by atoms with Crippen LogP contribution in [0.15, 0.2) is 0 Å². The summed E-state index contributed by atoms with van der Waals surface area (Å²) in [6.45, 7) is 3.98. The molecule has 0 aliphatic rings. The van der Waals surface area contributed by atoms with Crippen LogP contribution >= 0.6 is 7.37 Å². The average Bonchev–Trinajstić information content (AvgIpc) is 2.11. The summed E-state index contributed by atoms with van der Waals surface area (Å²) in [4.78, 5) is 9.28. The Balaban J connectivity index is 0. The molecule has 2 nitrogen and oxygen atoms in total. The molecule has 0 aliphatic heterocycles. The van der Waals surface area contributed by atoms with Crippen molar-refractivity contribution in [1.82, 2.24) is 0 Å². The lowest BCUT2D eigenvalue weighted by Gasteiger charge is -2.07. The zero-order chi connectivity index (χ0) is 10.2. The van der Waals surface area contributed by atoms with E-state index in [1.165, 1.54) is 25.7 Å². The van der Waals surface area contributed by atoms with Crippen LogP contribution in [0.25, 0.3) is 0 Å². The smallest absolute Gasteiger partial charge is 0.200 e. The van der Waals surface area contributed by atoms with Crippen LogP contribution in [-0.4, -0.2) is 34.6 Å². The van der Waals surface area contributed by atoms with Gasteiger partial charge in [-0.25, -0.2) is 0 Å². The fourth-order valence-electron chi connectivity index (χ4n) is 1.30. The molecule has 0 saturated carbocycles. The van der Waals surface area contributed by atoms with Crippen molar-refractivity contribution in [3.05, 3.63) is 0 Å². The van der Waals surface area contributed by atoms with Crippen LogP contribution in [0, 0.1) is 0 Å². The van der Waals surface area contributed by atoms with E-state index in [2.05, 4.69) is 6.92 Å². The molecule has 0 bridgehead atoms. The van der Waals surface area contributed by atoms with Crippen molar-refractivity contribution >= 4 is 24.7 Å². The maximum atomic E-state index is 11.2. The van der Waals surface area contributed by atoms with E-state index in [1.54, 1.807) is 6.92 Å². The normalized spacial score (nSPS) is 14.5. The molecule has 0 radical (unpaired) electrons. The van der Waals surface area contributed by atoms with Gasteiger partial charge in [0.25, 0.3) is 0 Å². The Hall–Kier alpha value is 0.722. The Labute approximate surface area is 99.1 Å². The monoisotopic (exact) mass is 236 g/mol. The van der Waals surface area contributed by atoms with E-state index < -0.39 is 7.37 Å². The molecule has 0 heterocycles. The molecule has 0 aliphatic carbocycles. The van der Waals surface area contributed by atoms with Crippen molar-refractivity contribution in [2.45, 2.75) is 52.4 Å². The molecule has 1 atom stereocenters. The van der Waals surface area contributed by atoms with E-state index in [0.717, 1.165) is 12.8 Å². The minimum absolute atomic E-state index is 0. The third kappa shape index (κ3) is 10.8. The number of hydrogen-bond acceptors (Lipinski definition) is 1. The minimum Gasteiger partial charge on any atom is -0.344 e. The first-order valence-electron chi connectivity index (χ1n) is 5.43. The van der Waals surface area contributed by atoms with Gasteiger partial charge in [0.15, 0.2) is 24.7 Å². The largest absolute Gasteiger partial charge is 0.344 e. The zero-order valence-electron chi connectivity index (χ0n) is 8.96. The van der Waals surface area contributed by atoms with Crippen molar-refractivity contribution in [2.75, 3.05) is 12.3 Å². The molecule has 86 valence electrons. The van der Waals surface area contributed by atoms with Gasteiger partial charge in [-0.2, -0.15) is 0 Å². The van der Waals surface area contributed by atoms with Crippen LogP contribution < -0.4 is 0 Å². The molecule has 14 heavy (non-hydrogen) atoms. The maximum Gasteiger partial charge on any atom is 0.200 e. The summed E-state index contributed by atoms with van der Waals surface area (Å²) in [6.07, 6.45) is 8.04. The summed E-state index contributed by atoms with van der Waals surface area (Å²) in [6, 6.07) is 0. The summed E-state index contributed by atoms with van der Waals surface area (Å²) in [5.74, 6) is 0. The Bertz CT molecular complexity index is 162. The highest BCUT2D eigenvalue weighted by Crippen LogP contribution is 2.40. The lowest BCUT2D eigenvalue weighted by molar-refractivity contribution is 0.475. The van der Waals surface area contributed by atoms with Gasteiger partial charge < -0.3 is 4.89 Å². The quantitative estimate of drug-likeness (QED) is 0.399. The maximum absolute atomic E-state index is 11.2. The van der Waals surface area contributed by atoms with E-state index in [-0.39, 0.29) is 17.4 Å². The molecule has 0 spiro atoms. The van der Waals surface area contributed by atoms with Crippen molar-refractivity contribution in [1.29, 1.82) is 0 Å². The first-order chi connectivity index (χ1) is 6.12. The molecular weight excluding hydrogens is 210 g/mol. The highest BCUT2D eigenvalue weighted by atomic mass is 31.2. The molecule has 0 aromatic rings. The predicted octanol–water partition coefficient (Wildman–Crippen LogP) is 2.45. The molecule has 0 aromatic carbocycles. The van der Waals surface area contributed by atoms with E-state index in [0.29, 0.717) is 12.3 Å². The molecular formula is C10H26AlO2P. The van der Waals surface area contributed by atoms with Gasteiger partial charge in [0.2, 0.25) is 0 Å². The fourth-order valence-corrected chi connectivity index (χ4v) is 2.33. The Morgan fingerprint density at radius 3 is 2.00 bits per heavy atom. The third-order valence-corrected chi connectivity index (χ3v) is 4.36. The SMILES string of the molecule is CCCCCCCCP(=O)(O)CC.[AlH3]. The van der Waals surface area contributed by atoms with Crippen LogP contribution in [-0.2, 0) is 4.57 Å². The van der Waals surface area contributed by atoms with Crippen LogP contribution in [0.1, 0.15) is 52.4 Å². The van der Waals surface area contributed by atoms with Crippen molar-refractivity contribution in [3.63, 3.8) is 0 Å².